The summed E-state index contributed by atoms with van der Waals surface area (Å²) in [4.78, 5) is 18.2. The smallest absolute Gasteiger partial charge is 0.317 e. The molecule has 1 aliphatic heterocycles. The molecule has 0 atom stereocenters. The van der Waals surface area contributed by atoms with Crippen molar-refractivity contribution in [2.75, 3.05) is 13.1 Å². The number of rotatable bonds is 2. The van der Waals surface area contributed by atoms with Crippen LogP contribution in [0.2, 0.25) is 0 Å². The average Bonchev–Trinajstić information content (AvgIpc) is 2.42. The van der Waals surface area contributed by atoms with Crippen molar-refractivity contribution < 1.29 is 9.90 Å². The van der Waals surface area contributed by atoms with Crippen molar-refractivity contribution in [2.24, 2.45) is 0 Å². The summed E-state index contributed by atoms with van der Waals surface area (Å²) in [7, 11) is 0. The number of hydrogen-bond donors (Lipinski definition) is 1. The topological polar surface area (TPSA) is 53.4 Å². The summed E-state index contributed by atoms with van der Waals surface area (Å²) in [5.74, 6) is -0.764. The van der Waals surface area contributed by atoms with E-state index in [9.17, 15) is 4.79 Å². The molecule has 0 aliphatic carbocycles. The molecule has 2 rings (SSSR count). The minimum atomic E-state index is -0.764. The van der Waals surface area contributed by atoms with Gasteiger partial charge in [-0.2, -0.15) is 0 Å². The molecule has 1 N–H and O–H groups in total. The van der Waals surface area contributed by atoms with E-state index in [2.05, 4.69) is 4.98 Å². The summed E-state index contributed by atoms with van der Waals surface area (Å²) in [6, 6.07) is 0. The van der Waals surface area contributed by atoms with Gasteiger partial charge in [-0.1, -0.05) is 0 Å². The lowest BCUT2D eigenvalue weighted by Crippen LogP contribution is -2.34. The number of hydrogen-bond acceptors (Lipinski definition) is 4. The molecule has 4 nitrogen and oxygen atoms in total. The van der Waals surface area contributed by atoms with E-state index in [0.29, 0.717) is 6.54 Å². The number of carboxylic acids is 1. The molecule has 0 spiro atoms. The molecule has 0 amide bonds. The molecule has 0 aromatic carbocycles. The average molecular weight is 212 g/mol. The number of nitrogens with zero attached hydrogens (tertiary/aromatic N) is 2. The van der Waals surface area contributed by atoms with Crippen LogP contribution in [0.5, 0.6) is 0 Å². The van der Waals surface area contributed by atoms with Crippen molar-refractivity contribution >= 4 is 17.3 Å². The Bertz CT molecular complexity index is 362. The van der Waals surface area contributed by atoms with Gasteiger partial charge in [-0.3, -0.25) is 9.69 Å². The second kappa shape index (κ2) is 3.67. The molecule has 0 unspecified atom stereocenters. The highest BCUT2D eigenvalue weighted by molar-refractivity contribution is 7.11. The Morgan fingerprint density at radius 3 is 3.21 bits per heavy atom. The minimum absolute atomic E-state index is 0.121. The molecule has 76 valence electrons. The molecular formula is C9H12N2O2S. The highest BCUT2D eigenvalue weighted by atomic mass is 32.1. The first kappa shape index (κ1) is 9.61. The fourth-order valence-electron chi connectivity index (χ4n) is 1.71. The molecule has 1 aromatic rings. The molecule has 1 aromatic heterocycles. The van der Waals surface area contributed by atoms with Gasteiger partial charge in [-0.05, 0) is 13.3 Å². The molecule has 14 heavy (non-hydrogen) atoms. The predicted molar refractivity (Wildman–Crippen MR) is 53.5 cm³/mol. The van der Waals surface area contributed by atoms with E-state index in [1.165, 1.54) is 4.88 Å². The standard InChI is InChI=1S/C9H12N2O2S/c1-6-10-7-4-11(5-9(12)13)3-2-8(7)14-6/h2-5H2,1H3,(H,12,13). The van der Waals surface area contributed by atoms with Crippen LogP contribution in [-0.2, 0) is 17.8 Å². The lowest BCUT2D eigenvalue weighted by atomic mass is 10.2. The van der Waals surface area contributed by atoms with Crippen molar-refractivity contribution in [3.63, 3.8) is 0 Å². The summed E-state index contributed by atoms with van der Waals surface area (Å²) in [6.45, 7) is 3.63. The summed E-state index contributed by atoms with van der Waals surface area (Å²) < 4.78 is 0. The maximum atomic E-state index is 10.5. The molecule has 5 heteroatoms. The third kappa shape index (κ3) is 1.93. The van der Waals surface area contributed by atoms with Gasteiger partial charge in [0.1, 0.15) is 0 Å². The Balaban J connectivity index is 2.09. The van der Waals surface area contributed by atoms with Gasteiger partial charge >= 0.3 is 5.97 Å². The van der Waals surface area contributed by atoms with Gasteiger partial charge < -0.3 is 5.11 Å². The first-order valence-corrected chi connectivity index (χ1v) is 5.36. The molecule has 2 heterocycles. The number of aryl methyl sites for hydroxylation is 1. The molecule has 0 radical (unpaired) electrons. The van der Waals surface area contributed by atoms with Gasteiger partial charge in [0.15, 0.2) is 0 Å². The molecule has 1 aliphatic rings. The summed E-state index contributed by atoms with van der Waals surface area (Å²) in [5, 5.41) is 9.74. The molecule has 0 fully saturated rings. The number of aliphatic carboxylic acids is 1. The van der Waals surface area contributed by atoms with Crippen molar-refractivity contribution in [1.29, 1.82) is 0 Å². The summed E-state index contributed by atoms with van der Waals surface area (Å²) in [5.41, 5.74) is 1.07. The van der Waals surface area contributed by atoms with E-state index < -0.39 is 5.97 Å². The van der Waals surface area contributed by atoms with Gasteiger partial charge in [0.05, 0.1) is 17.2 Å². The Morgan fingerprint density at radius 2 is 2.50 bits per heavy atom. The van der Waals surface area contributed by atoms with Gasteiger partial charge in [0.2, 0.25) is 0 Å². The maximum absolute atomic E-state index is 10.5. The quantitative estimate of drug-likeness (QED) is 0.791. The normalized spacial score (nSPS) is 16.6. The molecule has 0 saturated carbocycles. The van der Waals surface area contributed by atoms with Crippen LogP contribution < -0.4 is 0 Å². The molecular weight excluding hydrogens is 200 g/mol. The van der Waals surface area contributed by atoms with Crippen LogP contribution in [0, 0.1) is 6.92 Å². The largest absolute Gasteiger partial charge is 0.480 e. The maximum Gasteiger partial charge on any atom is 0.317 e. The van der Waals surface area contributed by atoms with E-state index in [1.807, 2.05) is 11.8 Å². The van der Waals surface area contributed by atoms with Crippen molar-refractivity contribution in [3.05, 3.63) is 15.6 Å². The van der Waals surface area contributed by atoms with Crippen LogP contribution >= 0.6 is 11.3 Å². The zero-order valence-electron chi connectivity index (χ0n) is 7.99. The van der Waals surface area contributed by atoms with Gasteiger partial charge in [0.25, 0.3) is 0 Å². The van der Waals surface area contributed by atoms with Crippen LogP contribution in [0.25, 0.3) is 0 Å². The van der Waals surface area contributed by atoms with Crippen molar-refractivity contribution in [2.45, 2.75) is 19.9 Å². The number of thiazole rings is 1. The minimum Gasteiger partial charge on any atom is -0.480 e. The van der Waals surface area contributed by atoms with Crippen LogP contribution in [-0.4, -0.2) is 34.0 Å². The highest BCUT2D eigenvalue weighted by Gasteiger charge is 2.20. The Kier molecular flexibility index (Phi) is 2.52. The van der Waals surface area contributed by atoms with E-state index >= 15 is 0 Å². The van der Waals surface area contributed by atoms with Gasteiger partial charge in [-0.15, -0.1) is 11.3 Å². The second-order valence-corrected chi connectivity index (χ2v) is 4.74. The fraction of sp³-hybridized carbons (Fsp3) is 0.556. The van der Waals surface area contributed by atoms with E-state index in [0.717, 1.165) is 23.7 Å². The second-order valence-electron chi connectivity index (χ2n) is 3.46. The van der Waals surface area contributed by atoms with Crippen LogP contribution in [0.15, 0.2) is 0 Å². The first-order valence-electron chi connectivity index (χ1n) is 4.54. The van der Waals surface area contributed by atoms with Gasteiger partial charge in [0, 0.05) is 18.0 Å². The Labute approximate surface area is 86.2 Å². The van der Waals surface area contributed by atoms with Crippen LogP contribution in [0.1, 0.15) is 15.6 Å². The Hall–Kier alpha value is -0.940. The lowest BCUT2D eigenvalue weighted by Gasteiger charge is -2.23. The van der Waals surface area contributed by atoms with Crippen LogP contribution in [0.3, 0.4) is 0 Å². The van der Waals surface area contributed by atoms with E-state index in [-0.39, 0.29) is 6.54 Å². The van der Waals surface area contributed by atoms with Gasteiger partial charge in [-0.25, -0.2) is 4.98 Å². The van der Waals surface area contributed by atoms with E-state index in [4.69, 9.17) is 5.11 Å². The zero-order chi connectivity index (χ0) is 10.1. The van der Waals surface area contributed by atoms with E-state index in [1.54, 1.807) is 11.3 Å². The van der Waals surface area contributed by atoms with Crippen molar-refractivity contribution in [1.82, 2.24) is 9.88 Å². The summed E-state index contributed by atoms with van der Waals surface area (Å²) in [6.07, 6.45) is 0.939. The monoisotopic (exact) mass is 212 g/mol. The number of aromatic nitrogens is 1. The first-order chi connectivity index (χ1) is 6.65. The SMILES string of the molecule is Cc1nc2c(s1)CCN(CC(=O)O)C2. The fourth-order valence-corrected chi connectivity index (χ4v) is 2.64. The molecule has 0 bridgehead atoms. The highest BCUT2D eigenvalue weighted by Crippen LogP contribution is 2.23. The number of carboxylic acid groups (broad SMARTS) is 1. The number of carbonyl (C=O) groups is 1. The predicted octanol–water partition coefficient (Wildman–Crippen LogP) is 0.894. The molecule has 0 saturated heterocycles. The van der Waals surface area contributed by atoms with Crippen molar-refractivity contribution in [3.8, 4) is 0 Å². The summed E-state index contributed by atoms with van der Waals surface area (Å²) >= 11 is 1.73. The zero-order valence-corrected chi connectivity index (χ0v) is 8.80. The third-order valence-corrected chi connectivity index (χ3v) is 3.35. The lowest BCUT2D eigenvalue weighted by molar-refractivity contribution is -0.138. The van der Waals surface area contributed by atoms with Crippen LogP contribution in [0.4, 0.5) is 0 Å². The number of fused-ring (bicyclic) bond motifs is 1. The Morgan fingerprint density at radius 1 is 1.71 bits per heavy atom. The third-order valence-electron chi connectivity index (χ3n) is 2.27.